The van der Waals surface area contributed by atoms with E-state index in [4.69, 9.17) is 4.74 Å². The maximum absolute atomic E-state index is 12.0. The Balaban J connectivity index is 2.96. The first-order chi connectivity index (χ1) is 9.82. The number of hydrogen-bond donors (Lipinski definition) is 1. The lowest BCUT2D eigenvalue weighted by atomic mass is 9.81. The summed E-state index contributed by atoms with van der Waals surface area (Å²) in [4.78, 5) is 12.0. The van der Waals surface area contributed by atoms with E-state index in [2.05, 4.69) is 13.8 Å². The molecular formula is C18H28O3. The molecule has 0 fully saturated rings. The van der Waals surface area contributed by atoms with Crippen LogP contribution < -0.4 is 0 Å². The van der Waals surface area contributed by atoms with Crippen molar-refractivity contribution in [1.82, 2.24) is 0 Å². The Bertz CT molecular complexity index is 446. The first kappa shape index (κ1) is 17.7. The molecule has 0 saturated carbocycles. The molecule has 0 aliphatic heterocycles. The molecule has 118 valence electrons. The third kappa shape index (κ3) is 4.57. The van der Waals surface area contributed by atoms with Gasteiger partial charge in [-0.15, -0.1) is 0 Å². The van der Waals surface area contributed by atoms with E-state index in [0.29, 0.717) is 18.9 Å². The molecular weight excluding hydrogens is 264 g/mol. The van der Waals surface area contributed by atoms with Gasteiger partial charge in [0, 0.05) is 0 Å². The van der Waals surface area contributed by atoms with E-state index in [1.165, 1.54) is 5.56 Å². The summed E-state index contributed by atoms with van der Waals surface area (Å²) in [5.41, 5.74) is 0.792. The van der Waals surface area contributed by atoms with Crippen molar-refractivity contribution in [2.75, 3.05) is 6.61 Å². The molecule has 0 bridgehead atoms. The van der Waals surface area contributed by atoms with Crippen LogP contribution in [0.25, 0.3) is 0 Å². The summed E-state index contributed by atoms with van der Waals surface area (Å²) in [5, 5.41) is 10.8. The third-order valence-corrected chi connectivity index (χ3v) is 3.84. The van der Waals surface area contributed by atoms with Crippen molar-refractivity contribution < 1.29 is 14.6 Å². The molecule has 0 saturated heterocycles. The molecule has 0 aliphatic carbocycles. The summed E-state index contributed by atoms with van der Waals surface area (Å²) in [6, 6.07) is 7.89. The molecule has 1 aromatic carbocycles. The van der Waals surface area contributed by atoms with Crippen LogP contribution in [0.2, 0.25) is 0 Å². The summed E-state index contributed by atoms with van der Waals surface area (Å²) in [6.45, 7) is 10.0. The Labute approximate surface area is 128 Å². The Morgan fingerprint density at radius 2 is 1.81 bits per heavy atom. The normalized spacial score (nSPS) is 15.6. The standard InChI is InChI=1S/C18H28O3/c1-6-16(17(19)21-7-2)18(5,20)15-10-8-14(9-11-15)12-13(3)4/h8-11,13,16,20H,6-7,12H2,1-5H3. The second-order valence-corrected chi connectivity index (χ2v) is 6.16. The fourth-order valence-corrected chi connectivity index (χ4v) is 2.69. The molecule has 1 aromatic rings. The van der Waals surface area contributed by atoms with Gasteiger partial charge in [-0.25, -0.2) is 0 Å². The molecule has 3 heteroatoms. The minimum Gasteiger partial charge on any atom is -0.466 e. The van der Waals surface area contributed by atoms with Crippen LogP contribution in [0.4, 0.5) is 0 Å². The molecule has 0 spiro atoms. The zero-order valence-electron chi connectivity index (χ0n) is 13.8. The van der Waals surface area contributed by atoms with Crippen LogP contribution >= 0.6 is 0 Å². The molecule has 3 nitrogen and oxygen atoms in total. The van der Waals surface area contributed by atoms with Gasteiger partial charge in [0.2, 0.25) is 0 Å². The van der Waals surface area contributed by atoms with Crippen LogP contribution in [0.5, 0.6) is 0 Å². The van der Waals surface area contributed by atoms with Crippen molar-refractivity contribution >= 4 is 5.97 Å². The van der Waals surface area contributed by atoms with Crippen molar-refractivity contribution in [3.05, 3.63) is 35.4 Å². The lowest BCUT2D eigenvalue weighted by Crippen LogP contribution is -2.38. The van der Waals surface area contributed by atoms with E-state index in [1.54, 1.807) is 13.8 Å². The summed E-state index contributed by atoms with van der Waals surface area (Å²) in [7, 11) is 0. The maximum atomic E-state index is 12.0. The largest absolute Gasteiger partial charge is 0.466 e. The fourth-order valence-electron chi connectivity index (χ4n) is 2.69. The predicted molar refractivity (Wildman–Crippen MR) is 85.0 cm³/mol. The van der Waals surface area contributed by atoms with Gasteiger partial charge in [0.25, 0.3) is 0 Å². The van der Waals surface area contributed by atoms with Crippen LogP contribution in [-0.4, -0.2) is 17.7 Å². The molecule has 0 heterocycles. The van der Waals surface area contributed by atoms with Gasteiger partial charge in [0.1, 0.15) is 5.60 Å². The van der Waals surface area contributed by atoms with Gasteiger partial charge in [0.15, 0.2) is 0 Å². The Kier molecular flexibility index (Phi) is 6.41. The van der Waals surface area contributed by atoms with Crippen molar-refractivity contribution in [3.8, 4) is 0 Å². The number of carbonyl (C=O) groups excluding carboxylic acids is 1. The number of rotatable bonds is 7. The summed E-state index contributed by atoms with van der Waals surface area (Å²) in [6.07, 6.45) is 1.55. The second-order valence-electron chi connectivity index (χ2n) is 6.16. The lowest BCUT2D eigenvalue weighted by Gasteiger charge is -2.31. The van der Waals surface area contributed by atoms with Crippen LogP contribution in [0.1, 0.15) is 52.2 Å². The summed E-state index contributed by atoms with van der Waals surface area (Å²) in [5.74, 6) is -0.288. The average molecular weight is 292 g/mol. The Morgan fingerprint density at radius 3 is 2.24 bits per heavy atom. The fraction of sp³-hybridized carbons (Fsp3) is 0.611. The number of ether oxygens (including phenoxy) is 1. The summed E-state index contributed by atoms with van der Waals surface area (Å²) >= 11 is 0. The number of aliphatic hydroxyl groups is 1. The van der Waals surface area contributed by atoms with E-state index >= 15 is 0 Å². The van der Waals surface area contributed by atoms with E-state index in [9.17, 15) is 9.90 Å². The first-order valence-electron chi connectivity index (χ1n) is 7.81. The maximum Gasteiger partial charge on any atom is 0.312 e. The minimum absolute atomic E-state index is 0.332. The topological polar surface area (TPSA) is 46.5 Å². The van der Waals surface area contributed by atoms with Gasteiger partial charge >= 0.3 is 5.97 Å². The molecule has 21 heavy (non-hydrogen) atoms. The quantitative estimate of drug-likeness (QED) is 0.780. The van der Waals surface area contributed by atoms with Crippen molar-refractivity contribution in [2.24, 2.45) is 11.8 Å². The molecule has 0 radical (unpaired) electrons. The number of hydrogen-bond acceptors (Lipinski definition) is 3. The number of esters is 1. The van der Waals surface area contributed by atoms with Crippen molar-refractivity contribution in [1.29, 1.82) is 0 Å². The zero-order valence-corrected chi connectivity index (χ0v) is 13.8. The van der Waals surface area contributed by atoms with Gasteiger partial charge in [-0.1, -0.05) is 45.0 Å². The minimum atomic E-state index is -1.21. The molecule has 0 aromatic heterocycles. The van der Waals surface area contributed by atoms with Crippen molar-refractivity contribution in [3.63, 3.8) is 0 Å². The van der Waals surface area contributed by atoms with Gasteiger partial charge < -0.3 is 9.84 Å². The monoisotopic (exact) mass is 292 g/mol. The zero-order chi connectivity index (χ0) is 16.0. The molecule has 0 aliphatic rings. The highest BCUT2D eigenvalue weighted by molar-refractivity contribution is 5.74. The first-order valence-corrected chi connectivity index (χ1v) is 7.81. The Morgan fingerprint density at radius 1 is 1.24 bits per heavy atom. The SMILES string of the molecule is CCOC(=O)C(CC)C(C)(O)c1ccc(CC(C)C)cc1. The van der Waals surface area contributed by atoms with Gasteiger partial charge in [-0.05, 0) is 43.7 Å². The van der Waals surface area contributed by atoms with E-state index < -0.39 is 11.5 Å². The van der Waals surface area contributed by atoms with E-state index in [0.717, 1.165) is 12.0 Å². The molecule has 1 N–H and O–H groups in total. The molecule has 0 amide bonds. The predicted octanol–water partition coefficient (Wildman–Crippen LogP) is 3.68. The van der Waals surface area contributed by atoms with Crippen LogP contribution in [0.3, 0.4) is 0 Å². The summed E-state index contributed by atoms with van der Waals surface area (Å²) < 4.78 is 5.08. The van der Waals surface area contributed by atoms with Gasteiger partial charge in [-0.3, -0.25) is 4.79 Å². The molecule has 2 unspecified atom stereocenters. The highest BCUT2D eigenvalue weighted by Gasteiger charge is 2.38. The van der Waals surface area contributed by atoms with Crippen LogP contribution in [-0.2, 0) is 21.6 Å². The van der Waals surface area contributed by atoms with E-state index in [-0.39, 0.29) is 5.97 Å². The second kappa shape index (κ2) is 7.60. The highest BCUT2D eigenvalue weighted by Crippen LogP contribution is 2.32. The van der Waals surface area contributed by atoms with Gasteiger partial charge in [-0.2, -0.15) is 0 Å². The van der Waals surface area contributed by atoms with Crippen LogP contribution in [0.15, 0.2) is 24.3 Å². The van der Waals surface area contributed by atoms with Gasteiger partial charge in [0.05, 0.1) is 12.5 Å². The van der Waals surface area contributed by atoms with Crippen LogP contribution in [0, 0.1) is 11.8 Å². The highest BCUT2D eigenvalue weighted by atomic mass is 16.5. The molecule has 1 rings (SSSR count). The Hall–Kier alpha value is -1.35. The molecule has 2 atom stereocenters. The number of carbonyl (C=O) groups is 1. The smallest absolute Gasteiger partial charge is 0.312 e. The lowest BCUT2D eigenvalue weighted by molar-refractivity contribution is -0.158. The number of benzene rings is 1. The van der Waals surface area contributed by atoms with Crippen molar-refractivity contribution in [2.45, 2.75) is 53.1 Å². The average Bonchev–Trinajstić information content (AvgIpc) is 2.39. The van der Waals surface area contributed by atoms with E-state index in [1.807, 2.05) is 31.2 Å². The third-order valence-electron chi connectivity index (χ3n) is 3.84.